The van der Waals surface area contributed by atoms with Crippen molar-refractivity contribution in [2.24, 2.45) is 0 Å². The van der Waals surface area contributed by atoms with Gasteiger partial charge in [0.2, 0.25) is 0 Å². The molecule has 3 nitrogen and oxygen atoms in total. The zero-order valence-electron chi connectivity index (χ0n) is 6.25. The Hall–Kier alpha value is -0.950. The van der Waals surface area contributed by atoms with Crippen molar-refractivity contribution in [1.82, 2.24) is 0 Å². The van der Waals surface area contributed by atoms with E-state index in [-0.39, 0.29) is 5.30 Å². The number of hydrogen-bond acceptors (Lipinski definition) is 4. The van der Waals surface area contributed by atoms with Gasteiger partial charge in [0.25, 0.3) is 0 Å². The van der Waals surface area contributed by atoms with E-state index in [0.29, 0.717) is 4.91 Å². The summed E-state index contributed by atoms with van der Waals surface area (Å²) in [5.74, 6) is 0. The molecule has 1 saturated heterocycles. The van der Waals surface area contributed by atoms with Crippen LogP contribution in [0.15, 0.2) is 11.0 Å². The average Bonchev–Trinajstić information content (AvgIpc) is 2.07. The second kappa shape index (κ2) is 2.59. The van der Waals surface area contributed by atoms with Gasteiger partial charge >= 0.3 is 5.30 Å². The largest absolute Gasteiger partial charge is 0.446 e. The molecule has 4 heteroatoms. The van der Waals surface area contributed by atoms with E-state index in [4.69, 9.17) is 10.00 Å². The highest BCUT2D eigenvalue weighted by molar-refractivity contribution is 8.17. The first kappa shape index (κ1) is 8.15. The lowest BCUT2D eigenvalue weighted by Gasteiger charge is -2.15. The number of rotatable bonds is 0. The second-order valence-corrected chi connectivity index (χ2v) is 3.58. The SMILES string of the molecule is CC1(C)OC(=O)SC1=CC#N. The van der Waals surface area contributed by atoms with Gasteiger partial charge in [0.1, 0.15) is 5.60 Å². The molecule has 0 radical (unpaired) electrons. The number of ether oxygens (including phenoxy) is 1. The Bertz CT molecular complexity index is 262. The lowest BCUT2D eigenvalue weighted by molar-refractivity contribution is 0.101. The molecule has 0 unspecified atom stereocenters. The third-order valence-electron chi connectivity index (χ3n) is 1.32. The minimum Gasteiger partial charge on any atom is -0.446 e. The Morgan fingerprint density at radius 2 is 2.36 bits per heavy atom. The van der Waals surface area contributed by atoms with Crippen molar-refractivity contribution in [2.45, 2.75) is 19.4 Å². The van der Waals surface area contributed by atoms with E-state index in [0.717, 1.165) is 11.8 Å². The predicted octanol–water partition coefficient (Wildman–Crippen LogP) is 2.06. The van der Waals surface area contributed by atoms with Crippen molar-refractivity contribution < 1.29 is 9.53 Å². The van der Waals surface area contributed by atoms with Crippen LogP contribution in [-0.4, -0.2) is 10.9 Å². The Kier molecular flexibility index (Phi) is 1.92. The highest BCUT2D eigenvalue weighted by Gasteiger charge is 2.37. The van der Waals surface area contributed by atoms with Gasteiger partial charge in [-0.1, -0.05) is 0 Å². The standard InChI is InChI=1S/C7H7NO2S/c1-7(2)5(3-4-8)11-6(9)10-7/h3H,1-2H3. The zero-order chi connectivity index (χ0) is 8.48. The summed E-state index contributed by atoms with van der Waals surface area (Å²) in [5, 5.41) is 8.00. The maximum atomic E-state index is 10.7. The number of allylic oxidation sites excluding steroid dienone is 1. The van der Waals surface area contributed by atoms with E-state index in [2.05, 4.69) is 0 Å². The number of nitriles is 1. The number of cyclic esters (lactones) is 1. The minimum atomic E-state index is -0.614. The lowest BCUT2D eigenvalue weighted by atomic mass is 10.1. The van der Waals surface area contributed by atoms with Crippen LogP contribution in [0.1, 0.15) is 13.8 Å². The maximum Gasteiger partial charge on any atom is 0.372 e. The highest BCUT2D eigenvalue weighted by atomic mass is 32.2. The molecule has 0 bridgehead atoms. The lowest BCUT2D eigenvalue weighted by Crippen LogP contribution is -2.19. The molecular weight excluding hydrogens is 162 g/mol. The van der Waals surface area contributed by atoms with Crippen LogP contribution in [0.4, 0.5) is 4.79 Å². The molecule has 0 atom stereocenters. The Labute approximate surface area is 69.0 Å². The van der Waals surface area contributed by atoms with Crippen molar-refractivity contribution in [3.05, 3.63) is 11.0 Å². The normalized spacial score (nSPS) is 24.8. The number of nitrogens with zero attached hydrogens (tertiary/aromatic N) is 1. The van der Waals surface area contributed by atoms with E-state index in [1.807, 2.05) is 6.07 Å². The molecule has 0 N–H and O–H groups in total. The quantitative estimate of drug-likeness (QED) is 0.411. The molecule has 1 heterocycles. The van der Waals surface area contributed by atoms with E-state index < -0.39 is 5.60 Å². The third-order valence-corrected chi connectivity index (χ3v) is 2.40. The van der Waals surface area contributed by atoms with Gasteiger partial charge in [-0.25, -0.2) is 4.79 Å². The molecule has 0 spiro atoms. The first-order valence-corrected chi connectivity index (χ1v) is 3.89. The van der Waals surface area contributed by atoms with Gasteiger partial charge in [-0.05, 0) is 25.6 Å². The fourth-order valence-corrected chi connectivity index (χ4v) is 1.58. The van der Waals surface area contributed by atoms with Crippen molar-refractivity contribution in [3.63, 3.8) is 0 Å². The van der Waals surface area contributed by atoms with Crippen LogP contribution >= 0.6 is 11.8 Å². The fourth-order valence-electron chi connectivity index (χ4n) is 0.754. The number of thioether (sulfide) groups is 1. The van der Waals surface area contributed by atoms with Gasteiger partial charge < -0.3 is 4.74 Å². The van der Waals surface area contributed by atoms with Crippen LogP contribution in [-0.2, 0) is 4.74 Å². The molecule has 0 aromatic carbocycles. The highest BCUT2D eigenvalue weighted by Crippen LogP contribution is 2.39. The predicted molar refractivity (Wildman–Crippen MR) is 41.8 cm³/mol. The van der Waals surface area contributed by atoms with Crippen molar-refractivity contribution in [2.75, 3.05) is 0 Å². The van der Waals surface area contributed by atoms with Crippen LogP contribution in [0.2, 0.25) is 0 Å². The van der Waals surface area contributed by atoms with Gasteiger partial charge in [0.05, 0.1) is 6.07 Å². The van der Waals surface area contributed by atoms with E-state index in [1.165, 1.54) is 6.08 Å². The summed E-state index contributed by atoms with van der Waals surface area (Å²) in [6.07, 6.45) is 1.34. The molecule has 0 amide bonds. The van der Waals surface area contributed by atoms with E-state index in [9.17, 15) is 4.79 Å². The molecule has 58 valence electrons. The van der Waals surface area contributed by atoms with Gasteiger partial charge in [-0.2, -0.15) is 5.26 Å². The summed E-state index contributed by atoms with van der Waals surface area (Å²) in [5.41, 5.74) is -0.614. The Morgan fingerprint density at radius 3 is 2.73 bits per heavy atom. The average molecular weight is 169 g/mol. The minimum absolute atomic E-state index is 0.337. The van der Waals surface area contributed by atoms with Crippen molar-refractivity contribution in [1.29, 1.82) is 5.26 Å². The van der Waals surface area contributed by atoms with Crippen LogP contribution in [0, 0.1) is 11.3 Å². The summed E-state index contributed by atoms with van der Waals surface area (Å²) in [6, 6.07) is 1.87. The van der Waals surface area contributed by atoms with Gasteiger partial charge in [0.15, 0.2) is 0 Å². The molecule has 0 saturated carbocycles. The molecule has 1 aliphatic heterocycles. The van der Waals surface area contributed by atoms with Crippen molar-refractivity contribution >= 4 is 17.1 Å². The van der Waals surface area contributed by atoms with Crippen LogP contribution in [0.5, 0.6) is 0 Å². The molecule has 1 rings (SSSR count). The topological polar surface area (TPSA) is 50.1 Å². The molecule has 0 aliphatic carbocycles. The summed E-state index contributed by atoms with van der Waals surface area (Å²) < 4.78 is 4.92. The summed E-state index contributed by atoms with van der Waals surface area (Å²) in [4.78, 5) is 11.4. The molecule has 1 fully saturated rings. The maximum absolute atomic E-state index is 10.7. The first-order chi connectivity index (χ1) is 5.06. The number of carbonyl (C=O) groups is 1. The van der Waals surface area contributed by atoms with Crippen LogP contribution < -0.4 is 0 Å². The monoisotopic (exact) mass is 169 g/mol. The first-order valence-electron chi connectivity index (χ1n) is 3.07. The second-order valence-electron chi connectivity index (χ2n) is 2.60. The molecule has 0 aromatic heterocycles. The zero-order valence-corrected chi connectivity index (χ0v) is 7.07. The molecular formula is C7H7NO2S. The Morgan fingerprint density at radius 1 is 1.73 bits per heavy atom. The third kappa shape index (κ3) is 1.55. The fraction of sp³-hybridized carbons (Fsp3) is 0.429. The van der Waals surface area contributed by atoms with Gasteiger partial charge in [0, 0.05) is 11.0 Å². The molecule has 0 aromatic rings. The van der Waals surface area contributed by atoms with Crippen molar-refractivity contribution in [3.8, 4) is 6.07 Å². The number of carbonyl (C=O) groups excluding carboxylic acids is 1. The Balaban J connectivity index is 2.93. The van der Waals surface area contributed by atoms with Crippen LogP contribution in [0.25, 0.3) is 0 Å². The van der Waals surface area contributed by atoms with Gasteiger partial charge in [-0.15, -0.1) is 0 Å². The summed E-state index contributed by atoms with van der Waals surface area (Å²) in [7, 11) is 0. The smallest absolute Gasteiger partial charge is 0.372 e. The molecule has 1 aliphatic rings. The van der Waals surface area contributed by atoms with E-state index >= 15 is 0 Å². The van der Waals surface area contributed by atoms with E-state index in [1.54, 1.807) is 13.8 Å². The number of hydrogen-bond donors (Lipinski definition) is 0. The van der Waals surface area contributed by atoms with Gasteiger partial charge in [-0.3, -0.25) is 0 Å². The summed E-state index contributed by atoms with van der Waals surface area (Å²) in [6.45, 7) is 3.52. The molecule has 11 heavy (non-hydrogen) atoms. The van der Waals surface area contributed by atoms with Crippen LogP contribution in [0.3, 0.4) is 0 Å². The summed E-state index contributed by atoms with van der Waals surface area (Å²) >= 11 is 0.975.